The number of rotatable bonds is 16. The Morgan fingerprint density at radius 1 is 0.904 bits per heavy atom. The lowest BCUT2D eigenvalue weighted by Gasteiger charge is -2.29. The van der Waals surface area contributed by atoms with Crippen LogP contribution in [0.3, 0.4) is 0 Å². The number of ether oxygens (including phenoxy) is 3. The first-order valence-electron chi connectivity index (χ1n) is 17.0. The summed E-state index contributed by atoms with van der Waals surface area (Å²) >= 11 is 0. The Morgan fingerprint density at radius 2 is 1.58 bits per heavy atom. The van der Waals surface area contributed by atoms with E-state index in [4.69, 9.17) is 14.2 Å². The lowest BCUT2D eigenvalue weighted by atomic mass is 10.00. The minimum Gasteiger partial charge on any atom is -0.495 e. The molecule has 3 aromatic rings. The minimum absolute atomic E-state index is 0. The summed E-state index contributed by atoms with van der Waals surface area (Å²) in [6, 6.07) is 15.9. The van der Waals surface area contributed by atoms with E-state index in [-0.39, 0.29) is 37.8 Å². The molecule has 1 saturated carbocycles. The molecule has 0 unspecified atom stereocenters. The number of halogens is 1. The largest absolute Gasteiger partial charge is 0.495 e. The third-order valence-corrected chi connectivity index (χ3v) is 9.56. The highest BCUT2D eigenvalue weighted by molar-refractivity contribution is 6.07. The SMILES string of the molecule is COc1cc(CN2C(=O)N([C@H](CN[C@@H](CC(=O)O)c3ccc(OC)c(OC)c3)CC3CC3)C(=O)C2(C)C)ccc1NC(=O)Nc1ccccc1C.Cl. The molecule has 1 aliphatic heterocycles. The van der Waals surface area contributed by atoms with Crippen molar-refractivity contribution in [2.45, 2.75) is 70.6 Å². The predicted octanol–water partition coefficient (Wildman–Crippen LogP) is 6.60. The molecule has 280 valence electrons. The van der Waals surface area contributed by atoms with Crippen LogP contribution in [0.1, 0.15) is 62.3 Å². The molecule has 0 radical (unpaired) electrons. The highest BCUT2D eigenvalue weighted by Crippen LogP contribution is 2.39. The van der Waals surface area contributed by atoms with Crippen molar-refractivity contribution in [2.24, 2.45) is 5.92 Å². The molecule has 1 heterocycles. The standard InChI is InChI=1S/C38H47N5O8.ClH/c1-23-9-7-8-10-28(23)40-36(47)41-29-15-13-25(18-32(29)50-5)22-42-37(48)43(35(46)38(42,2)3)27(17-24-11-12-24)21-39-30(20-34(44)45)26-14-16-31(49-4)33(19-26)51-6;/h7-10,13-16,18-19,24,27,30,39H,11-12,17,20-22H2,1-6H3,(H,44,45)(H2,40,41,47);1H/t27-,30-;/m0./s1. The normalized spacial score (nSPS) is 16.1. The van der Waals surface area contributed by atoms with Crippen LogP contribution >= 0.6 is 12.4 Å². The molecule has 0 aromatic heterocycles. The van der Waals surface area contributed by atoms with E-state index in [0.717, 1.165) is 18.4 Å². The zero-order chi connectivity index (χ0) is 36.9. The van der Waals surface area contributed by atoms with Gasteiger partial charge in [0.2, 0.25) is 0 Å². The molecule has 3 aromatic carbocycles. The fraction of sp³-hybridized carbons (Fsp3) is 0.421. The van der Waals surface area contributed by atoms with Gasteiger partial charge >= 0.3 is 18.0 Å². The number of methoxy groups -OCH3 is 3. The van der Waals surface area contributed by atoms with E-state index >= 15 is 0 Å². The second-order valence-electron chi connectivity index (χ2n) is 13.5. The first-order chi connectivity index (χ1) is 24.4. The third-order valence-electron chi connectivity index (χ3n) is 9.56. The van der Waals surface area contributed by atoms with E-state index in [9.17, 15) is 24.3 Å². The van der Waals surface area contributed by atoms with Crippen LogP contribution in [0.25, 0.3) is 0 Å². The summed E-state index contributed by atoms with van der Waals surface area (Å²) in [6.45, 7) is 5.70. The zero-order valence-electron chi connectivity index (χ0n) is 30.4. The highest BCUT2D eigenvalue weighted by Gasteiger charge is 2.53. The van der Waals surface area contributed by atoms with E-state index in [1.54, 1.807) is 55.1 Å². The van der Waals surface area contributed by atoms with Crippen LogP contribution in [0, 0.1) is 12.8 Å². The molecule has 2 aliphatic rings. The number of urea groups is 2. The molecule has 2 atom stereocenters. The van der Waals surface area contributed by atoms with Gasteiger partial charge in [0.05, 0.1) is 39.5 Å². The van der Waals surface area contributed by atoms with Crippen LogP contribution in [0.15, 0.2) is 60.7 Å². The van der Waals surface area contributed by atoms with Gasteiger partial charge in [0.1, 0.15) is 11.3 Å². The van der Waals surface area contributed by atoms with Gasteiger partial charge in [-0.3, -0.25) is 14.5 Å². The minimum atomic E-state index is -1.15. The zero-order valence-corrected chi connectivity index (χ0v) is 31.2. The fourth-order valence-corrected chi connectivity index (χ4v) is 6.41. The molecule has 1 saturated heterocycles. The monoisotopic (exact) mass is 737 g/mol. The Kier molecular flexibility index (Phi) is 13.0. The quantitative estimate of drug-likeness (QED) is 0.119. The van der Waals surface area contributed by atoms with Gasteiger partial charge in [-0.2, -0.15) is 0 Å². The molecular weight excluding hydrogens is 690 g/mol. The molecular formula is C38H48ClN5O8. The summed E-state index contributed by atoms with van der Waals surface area (Å²) < 4.78 is 16.4. The van der Waals surface area contributed by atoms with E-state index in [2.05, 4.69) is 16.0 Å². The number of hydrogen-bond acceptors (Lipinski definition) is 8. The number of nitrogens with one attached hydrogen (secondary N) is 3. The predicted molar refractivity (Wildman–Crippen MR) is 200 cm³/mol. The van der Waals surface area contributed by atoms with Gasteiger partial charge < -0.3 is 40.2 Å². The number of aryl methyl sites for hydroxylation is 1. The van der Waals surface area contributed by atoms with Gasteiger partial charge in [-0.1, -0.05) is 43.2 Å². The van der Waals surface area contributed by atoms with Crippen LogP contribution < -0.4 is 30.2 Å². The van der Waals surface area contributed by atoms with E-state index < -0.39 is 35.7 Å². The molecule has 1 aliphatic carbocycles. The topological polar surface area (TPSA) is 159 Å². The molecule has 14 heteroatoms. The Morgan fingerprint density at radius 3 is 2.21 bits per heavy atom. The number of carbonyl (C=O) groups is 4. The van der Waals surface area contributed by atoms with Crippen molar-refractivity contribution in [1.29, 1.82) is 0 Å². The van der Waals surface area contributed by atoms with Crippen molar-refractivity contribution in [2.75, 3.05) is 38.5 Å². The maximum Gasteiger partial charge on any atom is 0.328 e. The van der Waals surface area contributed by atoms with Crippen molar-refractivity contribution in [3.63, 3.8) is 0 Å². The van der Waals surface area contributed by atoms with Gasteiger partial charge in [0, 0.05) is 24.8 Å². The second-order valence-corrected chi connectivity index (χ2v) is 13.5. The summed E-state index contributed by atoms with van der Waals surface area (Å²) in [6.07, 6.45) is 2.42. The lowest BCUT2D eigenvalue weighted by Crippen LogP contribution is -2.48. The smallest absolute Gasteiger partial charge is 0.328 e. The van der Waals surface area contributed by atoms with Crippen LogP contribution in [-0.4, -0.2) is 78.3 Å². The molecule has 52 heavy (non-hydrogen) atoms. The highest BCUT2D eigenvalue weighted by atomic mass is 35.5. The number of aliphatic carboxylic acids is 1. The fourth-order valence-electron chi connectivity index (χ4n) is 6.41. The summed E-state index contributed by atoms with van der Waals surface area (Å²) in [7, 11) is 4.53. The van der Waals surface area contributed by atoms with Gasteiger partial charge in [0.25, 0.3) is 5.91 Å². The first-order valence-corrected chi connectivity index (χ1v) is 17.0. The Bertz CT molecular complexity index is 1780. The molecule has 4 N–H and O–H groups in total. The number of carbonyl (C=O) groups excluding carboxylic acids is 3. The Labute approximate surface area is 310 Å². The number of benzene rings is 3. The van der Waals surface area contributed by atoms with Crippen LogP contribution in [0.4, 0.5) is 21.0 Å². The molecule has 0 bridgehead atoms. The maximum absolute atomic E-state index is 14.2. The molecule has 13 nitrogen and oxygen atoms in total. The summed E-state index contributed by atoms with van der Waals surface area (Å²) in [5.74, 6) is 0.445. The first kappa shape index (κ1) is 39.8. The molecule has 5 amide bonds. The van der Waals surface area contributed by atoms with Crippen molar-refractivity contribution < 1.29 is 38.5 Å². The molecule has 2 fully saturated rings. The van der Waals surface area contributed by atoms with Gasteiger partial charge in [-0.15, -0.1) is 12.4 Å². The number of carboxylic acid groups (broad SMARTS) is 1. The third kappa shape index (κ3) is 9.07. The number of imide groups is 1. The average Bonchev–Trinajstić information content (AvgIpc) is 3.91. The number of nitrogens with zero attached hydrogens (tertiary/aromatic N) is 2. The Balaban J connectivity index is 0.00000605. The van der Waals surface area contributed by atoms with E-state index in [1.807, 2.05) is 31.2 Å². The van der Waals surface area contributed by atoms with Crippen LogP contribution in [0.2, 0.25) is 0 Å². The lowest BCUT2D eigenvalue weighted by molar-refractivity contribution is -0.138. The van der Waals surface area contributed by atoms with E-state index in [0.29, 0.717) is 52.1 Å². The number of carboxylic acids is 1. The number of para-hydroxylation sites is 1. The van der Waals surface area contributed by atoms with Crippen molar-refractivity contribution >= 4 is 47.7 Å². The van der Waals surface area contributed by atoms with Gasteiger partial charge in [-0.25, -0.2) is 9.59 Å². The van der Waals surface area contributed by atoms with Crippen molar-refractivity contribution in [1.82, 2.24) is 15.1 Å². The van der Waals surface area contributed by atoms with Crippen molar-refractivity contribution in [3.05, 3.63) is 77.4 Å². The Hall–Kier alpha value is -5.01. The van der Waals surface area contributed by atoms with Crippen molar-refractivity contribution in [3.8, 4) is 17.2 Å². The second kappa shape index (κ2) is 17.0. The summed E-state index contributed by atoms with van der Waals surface area (Å²) in [4.78, 5) is 55.8. The van der Waals surface area contributed by atoms with E-state index in [1.165, 1.54) is 26.2 Å². The maximum atomic E-state index is 14.2. The van der Waals surface area contributed by atoms with Gasteiger partial charge in [0.15, 0.2) is 11.5 Å². The number of hydrogen-bond donors (Lipinski definition) is 4. The van der Waals surface area contributed by atoms with Gasteiger partial charge in [-0.05, 0) is 80.1 Å². The molecule has 0 spiro atoms. The number of amides is 5. The molecule has 5 rings (SSSR count). The summed E-state index contributed by atoms with van der Waals surface area (Å²) in [5, 5.41) is 18.8. The summed E-state index contributed by atoms with van der Waals surface area (Å²) in [5.41, 5.74) is 2.28. The number of anilines is 2. The average molecular weight is 738 g/mol. The van der Waals surface area contributed by atoms with Crippen LogP contribution in [0.5, 0.6) is 17.2 Å². The van der Waals surface area contributed by atoms with Crippen LogP contribution in [-0.2, 0) is 16.1 Å².